The monoisotopic (exact) mass is 479 g/mol. The van der Waals surface area contributed by atoms with Gasteiger partial charge in [-0.15, -0.1) is 0 Å². The maximum atomic E-state index is 12.3. The molecule has 0 aliphatic rings. The van der Waals surface area contributed by atoms with Crippen LogP contribution < -0.4 is 5.73 Å². The minimum absolute atomic E-state index is 0.00396. The van der Waals surface area contributed by atoms with Gasteiger partial charge in [-0.05, 0) is 32.1 Å². The Morgan fingerprint density at radius 1 is 0.969 bits per heavy atom. The fourth-order valence-corrected chi connectivity index (χ4v) is 4.24. The lowest BCUT2D eigenvalue weighted by Crippen LogP contribution is -2.38. The topological polar surface area (TPSA) is 139 Å². The van der Waals surface area contributed by atoms with Gasteiger partial charge in [0.05, 0.1) is 13.2 Å². The van der Waals surface area contributed by atoms with Crippen molar-refractivity contribution >= 4 is 13.6 Å². The predicted octanol–water partition coefficient (Wildman–Crippen LogP) is 4.41. The van der Waals surface area contributed by atoms with E-state index in [0.29, 0.717) is 6.42 Å². The summed E-state index contributed by atoms with van der Waals surface area (Å²) in [6, 6.07) is 0. The summed E-state index contributed by atoms with van der Waals surface area (Å²) in [4.78, 5) is 21.9. The molecule has 0 aliphatic carbocycles. The molecule has 5 N–H and O–H groups in total. The molecule has 3 atom stereocenters. The summed E-state index contributed by atoms with van der Waals surface area (Å²) in [6.45, 7) is 1.25. The van der Waals surface area contributed by atoms with Crippen molar-refractivity contribution in [3.8, 4) is 0 Å². The van der Waals surface area contributed by atoms with E-state index in [1.54, 1.807) is 0 Å². The van der Waals surface area contributed by atoms with Crippen molar-refractivity contribution in [2.24, 2.45) is 5.73 Å². The maximum Gasteiger partial charge on any atom is 0.473 e. The molecule has 0 saturated heterocycles. The van der Waals surface area contributed by atoms with Crippen molar-refractivity contribution in [2.75, 3.05) is 19.8 Å². The number of nitrogens with two attached hydrogens (primary N) is 1. The summed E-state index contributed by atoms with van der Waals surface area (Å²) in [5.74, 6) is -0.533. The van der Waals surface area contributed by atoms with Gasteiger partial charge in [-0.1, -0.05) is 70.4 Å². The summed E-state index contributed by atoms with van der Waals surface area (Å²) >= 11 is 0. The van der Waals surface area contributed by atoms with Gasteiger partial charge in [0.25, 0.3) is 0 Å². The zero-order valence-electron chi connectivity index (χ0n) is 19.8. The van der Waals surface area contributed by atoms with Crippen molar-refractivity contribution < 1.29 is 33.5 Å². The van der Waals surface area contributed by atoms with Gasteiger partial charge >= 0.3 is 7.82 Å². The first-order valence-corrected chi connectivity index (χ1v) is 13.7. The second-order valence-electron chi connectivity index (χ2n) is 8.17. The van der Waals surface area contributed by atoms with Crippen LogP contribution in [0.25, 0.3) is 0 Å². The summed E-state index contributed by atoms with van der Waals surface area (Å²) in [7, 11) is -4.54. The standard InChI is InChI=1S/C23H46NO7P/c1-2-3-4-5-6-7-8-9-10-11-12-13-14-15-16-17-21(26)23(22(27)20-25)31-32(28,29)30-19-18-24/h9-10,22-23,25,27H,2-8,11-20,24H2,1H3,(H,28,29)/t22-,23?/m0/s1. The Labute approximate surface area is 194 Å². The number of hydrogen-bond donors (Lipinski definition) is 4. The van der Waals surface area contributed by atoms with E-state index < -0.39 is 32.4 Å². The number of unbranched alkanes of at least 4 members (excludes halogenated alkanes) is 11. The minimum Gasteiger partial charge on any atom is -0.394 e. The van der Waals surface area contributed by atoms with Crippen molar-refractivity contribution in [3.05, 3.63) is 12.2 Å². The average molecular weight is 480 g/mol. The fourth-order valence-electron chi connectivity index (χ4n) is 3.29. The molecule has 0 amide bonds. The number of ketones is 1. The van der Waals surface area contributed by atoms with Crippen LogP contribution in [-0.2, 0) is 18.4 Å². The molecule has 0 aromatic rings. The SMILES string of the molecule is CCCCCCCCC=CCCCCCCCC(=O)C(OP(=O)(O)OCCN)[C@@H](O)CO. The van der Waals surface area contributed by atoms with Gasteiger partial charge in [0.15, 0.2) is 11.9 Å². The van der Waals surface area contributed by atoms with E-state index in [0.717, 1.165) is 38.5 Å². The van der Waals surface area contributed by atoms with Crippen LogP contribution in [0.1, 0.15) is 96.8 Å². The Kier molecular flexibility index (Phi) is 20.6. The molecule has 190 valence electrons. The second-order valence-corrected chi connectivity index (χ2v) is 9.57. The van der Waals surface area contributed by atoms with Crippen LogP contribution in [0.15, 0.2) is 12.2 Å². The van der Waals surface area contributed by atoms with E-state index in [4.69, 9.17) is 15.4 Å². The molecular weight excluding hydrogens is 433 g/mol. The Morgan fingerprint density at radius 2 is 1.50 bits per heavy atom. The third kappa shape index (κ3) is 17.9. The number of allylic oxidation sites excluding steroid dienone is 2. The van der Waals surface area contributed by atoms with Crippen LogP contribution in [0.2, 0.25) is 0 Å². The molecule has 8 nitrogen and oxygen atoms in total. The maximum absolute atomic E-state index is 12.3. The highest BCUT2D eigenvalue weighted by Crippen LogP contribution is 2.45. The van der Waals surface area contributed by atoms with Gasteiger partial charge in [-0.2, -0.15) is 0 Å². The molecule has 0 fully saturated rings. The largest absolute Gasteiger partial charge is 0.473 e. The Bertz CT molecular complexity index is 530. The van der Waals surface area contributed by atoms with Crippen LogP contribution >= 0.6 is 7.82 Å². The van der Waals surface area contributed by atoms with E-state index in [1.807, 2.05) is 0 Å². The molecule has 0 spiro atoms. The Morgan fingerprint density at radius 3 is 2.03 bits per heavy atom. The number of rotatable bonds is 23. The third-order valence-corrected chi connectivity index (χ3v) is 6.16. The van der Waals surface area contributed by atoms with E-state index in [9.17, 15) is 19.4 Å². The summed E-state index contributed by atoms with van der Waals surface area (Å²) in [6.07, 6.45) is 16.2. The van der Waals surface area contributed by atoms with Crippen molar-refractivity contribution in [2.45, 2.75) is 109 Å². The van der Waals surface area contributed by atoms with Gasteiger partial charge in [0.2, 0.25) is 0 Å². The Hall–Kier alpha value is -0.600. The van der Waals surface area contributed by atoms with Crippen LogP contribution in [-0.4, -0.2) is 52.9 Å². The molecule has 32 heavy (non-hydrogen) atoms. The van der Waals surface area contributed by atoms with Crippen LogP contribution in [0, 0.1) is 0 Å². The minimum atomic E-state index is -4.54. The summed E-state index contributed by atoms with van der Waals surface area (Å²) in [5.41, 5.74) is 5.21. The molecule has 0 radical (unpaired) electrons. The number of phosphoric ester groups is 1. The fraction of sp³-hybridized carbons (Fsp3) is 0.870. The zero-order valence-corrected chi connectivity index (χ0v) is 20.7. The predicted molar refractivity (Wildman–Crippen MR) is 127 cm³/mol. The quantitative estimate of drug-likeness (QED) is 0.0960. The van der Waals surface area contributed by atoms with E-state index in [1.165, 1.54) is 38.5 Å². The molecule has 0 aromatic carbocycles. The number of Topliss-reactive ketones (excluding diaryl/α,β-unsaturated/α-hetero) is 1. The number of phosphoric acid groups is 1. The molecule has 2 unspecified atom stereocenters. The Balaban J connectivity index is 3.92. The normalized spacial score (nSPS) is 15.7. The van der Waals surface area contributed by atoms with E-state index in [-0.39, 0.29) is 19.6 Å². The highest BCUT2D eigenvalue weighted by molar-refractivity contribution is 7.47. The molecule has 0 rings (SSSR count). The van der Waals surface area contributed by atoms with Crippen molar-refractivity contribution in [3.63, 3.8) is 0 Å². The molecular formula is C23H46NO7P. The van der Waals surface area contributed by atoms with E-state index >= 15 is 0 Å². The number of aliphatic hydroxyl groups excluding tert-OH is 2. The number of carbonyl (C=O) groups is 1. The van der Waals surface area contributed by atoms with Crippen LogP contribution in [0.4, 0.5) is 0 Å². The first kappa shape index (κ1) is 31.4. The second kappa shape index (κ2) is 21.0. The molecule has 9 heteroatoms. The molecule has 0 aromatic heterocycles. The van der Waals surface area contributed by atoms with Crippen molar-refractivity contribution in [1.82, 2.24) is 0 Å². The van der Waals surface area contributed by atoms with Gasteiger partial charge in [-0.3, -0.25) is 13.8 Å². The highest BCUT2D eigenvalue weighted by Gasteiger charge is 2.35. The summed E-state index contributed by atoms with van der Waals surface area (Å²) < 4.78 is 21.2. The van der Waals surface area contributed by atoms with Gasteiger partial charge in [-0.25, -0.2) is 4.57 Å². The lowest BCUT2D eigenvalue weighted by Gasteiger charge is -2.23. The first-order valence-electron chi connectivity index (χ1n) is 12.2. The zero-order chi connectivity index (χ0) is 24.1. The van der Waals surface area contributed by atoms with Gasteiger partial charge in [0.1, 0.15) is 6.10 Å². The first-order chi connectivity index (χ1) is 15.4. The number of hydrogen-bond acceptors (Lipinski definition) is 7. The van der Waals surface area contributed by atoms with Gasteiger partial charge in [0, 0.05) is 13.0 Å². The van der Waals surface area contributed by atoms with Crippen LogP contribution in [0.3, 0.4) is 0 Å². The summed E-state index contributed by atoms with van der Waals surface area (Å²) in [5, 5.41) is 18.9. The van der Waals surface area contributed by atoms with Crippen LogP contribution in [0.5, 0.6) is 0 Å². The number of carbonyl (C=O) groups excluding carboxylic acids is 1. The lowest BCUT2D eigenvalue weighted by atomic mass is 10.0. The smallest absolute Gasteiger partial charge is 0.394 e. The van der Waals surface area contributed by atoms with Crippen molar-refractivity contribution in [1.29, 1.82) is 0 Å². The average Bonchev–Trinajstić information content (AvgIpc) is 2.78. The molecule has 0 bridgehead atoms. The number of aliphatic hydroxyl groups is 2. The van der Waals surface area contributed by atoms with Gasteiger partial charge < -0.3 is 20.8 Å². The molecule has 0 heterocycles. The molecule has 0 saturated carbocycles. The lowest BCUT2D eigenvalue weighted by molar-refractivity contribution is -0.134. The highest BCUT2D eigenvalue weighted by atomic mass is 31.2. The molecule has 0 aliphatic heterocycles. The van der Waals surface area contributed by atoms with E-state index in [2.05, 4.69) is 23.6 Å². The third-order valence-electron chi connectivity index (χ3n) is 5.16.